The summed E-state index contributed by atoms with van der Waals surface area (Å²) >= 11 is 0. The normalized spacial score (nSPS) is 17.8. The lowest BCUT2D eigenvalue weighted by atomic mass is 9.94. The zero-order valence-electron chi connectivity index (χ0n) is 12.1. The monoisotopic (exact) mass is 274 g/mol. The first kappa shape index (κ1) is 14.4. The second-order valence-electron chi connectivity index (χ2n) is 5.62. The Bertz CT molecular complexity index is 584. The molecule has 0 fully saturated rings. The van der Waals surface area contributed by atoms with E-state index in [0.717, 1.165) is 5.56 Å². The van der Waals surface area contributed by atoms with Gasteiger partial charge in [0.1, 0.15) is 0 Å². The molecule has 0 aliphatic heterocycles. The van der Waals surface area contributed by atoms with Crippen molar-refractivity contribution in [2.24, 2.45) is 5.92 Å². The third-order valence-electron chi connectivity index (χ3n) is 3.41. The number of benzene rings is 1. The van der Waals surface area contributed by atoms with Gasteiger partial charge in [-0.25, -0.2) is 0 Å². The molecule has 0 amide bonds. The first-order valence-corrected chi connectivity index (χ1v) is 6.76. The van der Waals surface area contributed by atoms with Crippen molar-refractivity contribution in [1.29, 1.82) is 0 Å². The molecule has 2 rings (SSSR count). The van der Waals surface area contributed by atoms with Gasteiger partial charge in [0, 0.05) is 11.1 Å². The molecule has 1 aliphatic carbocycles. The van der Waals surface area contributed by atoms with E-state index in [0.29, 0.717) is 11.1 Å². The van der Waals surface area contributed by atoms with Gasteiger partial charge in [0.25, 0.3) is 0 Å². The fourth-order valence-electron chi connectivity index (χ4n) is 2.28. The van der Waals surface area contributed by atoms with E-state index in [9.17, 15) is 14.4 Å². The molecule has 1 aromatic carbocycles. The van der Waals surface area contributed by atoms with E-state index in [2.05, 4.69) is 0 Å². The summed E-state index contributed by atoms with van der Waals surface area (Å²) in [7, 11) is 0. The Morgan fingerprint density at radius 3 is 2.30 bits per heavy atom. The number of carbonyl (C=O) groups excluding carboxylic acids is 3. The Labute approximate surface area is 118 Å². The van der Waals surface area contributed by atoms with Crippen molar-refractivity contribution in [3.05, 3.63) is 34.9 Å². The van der Waals surface area contributed by atoms with Crippen LogP contribution in [0.5, 0.6) is 0 Å². The molecule has 0 saturated carbocycles. The van der Waals surface area contributed by atoms with Crippen LogP contribution in [0.25, 0.3) is 0 Å². The summed E-state index contributed by atoms with van der Waals surface area (Å²) in [5.41, 5.74) is 1.60. The molecule has 106 valence electrons. The van der Waals surface area contributed by atoms with Gasteiger partial charge in [0.05, 0.1) is 5.92 Å². The predicted octanol–water partition coefficient (Wildman–Crippen LogP) is 2.76. The Morgan fingerprint density at radius 1 is 1.10 bits per heavy atom. The largest absolute Gasteiger partial charge is 0.445 e. The third kappa shape index (κ3) is 2.26. The SMILES string of the molecule is CC(C)C(=O)OC1C(=O)c2cccc(C(C)C)c2C1=O. The summed E-state index contributed by atoms with van der Waals surface area (Å²) in [6.45, 7) is 7.25. The maximum absolute atomic E-state index is 12.4. The highest BCUT2D eigenvalue weighted by Gasteiger charge is 2.43. The minimum Gasteiger partial charge on any atom is -0.445 e. The number of Topliss-reactive ketones (excluding diaryl/α,β-unsaturated/α-hetero) is 2. The van der Waals surface area contributed by atoms with Crippen LogP contribution in [-0.2, 0) is 9.53 Å². The standard InChI is InChI=1S/C16H18O4/c1-8(2)10-6-5-7-11-12(10)14(18)15(13(11)17)20-16(19)9(3)4/h5-9,15H,1-4H3. The summed E-state index contributed by atoms with van der Waals surface area (Å²) in [6, 6.07) is 5.21. The molecule has 1 atom stereocenters. The highest BCUT2D eigenvalue weighted by atomic mass is 16.6. The Hall–Kier alpha value is -1.97. The molecule has 1 unspecified atom stereocenters. The molecule has 0 N–H and O–H groups in total. The molecule has 1 aromatic rings. The maximum atomic E-state index is 12.4. The number of ketones is 2. The number of carbonyl (C=O) groups is 3. The van der Waals surface area contributed by atoms with Crippen molar-refractivity contribution in [2.75, 3.05) is 0 Å². The van der Waals surface area contributed by atoms with E-state index in [1.54, 1.807) is 26.0 Å². The summed E-state index contributed by atoms with van der Waals surface area (Å²) in [4.78, 5) is 36.3. The maximum Gasteiger partial charge on any atom is 0.309 e. The Balaban J connectivity index is 2.40. The van der Waals surface area contributed by atoms with Crippen LogP contribution in [-0.4, -0.2) is 23.6 Å². The van der Waals surface area contributed by atoms with Crippen LogP contribution in [0.4, 0.5) is 0 Å². The second-order valence-corrected chi connectivity index (χ2v) is 5.62. The molecule has 20 heavy (non-hydrogen) atoms. The molecular formula is C16H18O4. The van der Waals surface area contributed by atoms with Crippen molar-refractivity contribution < 1.29 is 19.1 Å². The minimum absolute atomic E-state index is 0.126. The zero-order valence-corrected chi connectivity index (χ0v) is 12.1. The highest BCUT2D eigenvalue weighted by molar-refractivity contribution is 6.29. The average Bonchev–Trinajstić information content (AvgIpc) is 2.63. The van der Waals surface area contributed by atoms with Gasteiger partial charge in [-0.2, -0.15) is 0 Å². The molecule has 0 bridgehead atoms. The van der Waals surface area contributed by atoms with Gasteiger partial charge < -0.3 is 4.74 Å². The van der Waals surface area contributed by atoms with Crippen LogP contribution in [0.15, 0.2) is 18.2 Å². The molecule has 1 aliphatic rings. The number of hydrogen-bond acceptors (Lipinski definition) is 4. The van der Waals surface area contributed by atoms with Gasteiger partial charge in [-0.3, -0.25) is 14.4 Å². The average molecular weight is 274 g/mol. The van der Waals surface area contributed by atoms with Crippen molar-refractivity contribution >= 4 is 17.5 Å². The fourth-order valence-corrected chi connectivity index (χ4v) is 2.28. The molecule has 0 spiro atoms. The Kier molecular flexibility index (Phi) is 3.75. The summed E-state index contributed by atoms with van der Waals surface area (Å²) < 4.78 is 5.08. The second kappa shape index (κ2) is 5.19. The smallest absolute Gasteiger partial charge is 0.309 e. The Morgan fingerprint density at radius 2 is 1.75 bits per heavy atom. The van der Waals surface area contributed by atoms with Crippen LogP contribution >= 0.6 is 0 Å². The fraction of sp³-hybridized carbons (Fsp3) is 0.438. The third-order valence-corrected chi connectivity index (χ3v) is 3.41. The lowest BCUT2D eigenvalue weighted by Crippen LogP contribution is -2.30. The van der Waals surface area contributed by atoms with Crippen LogP contribution in [0, 0.1) is 5.92 Å². The summed E-state index contributed by atoms with van der Waals surface area (Å²) in [6.07, 6.45) is -1.31. The first-order valence-electron chi connectivity index (χ1n) is 6.76. The molecule has 0 saturated heterocycles. The summed E-state index contributed by atoms with van der Waals surface area (Å²) in [5, 5.41) is 0. The van der Waals surface area contributed by atoms with E-state index in [4.69, 9.17) is 4.74 Å². The van der Waals surface area contributed by atoms with E-state index in [1.807, 2.05) is 19.9 Å². The van der Waals surface area contributed by atoms with Crippen LogP contribution in [0.2, 0.25) is 0 Å². The quantitative estimate of drug-likeness (QED) is 0.628. The van der Waals surface area contributed by atoms with Crippen LogP contribution in [0.3, 0.4) is 0 Å². The van der Waals surface area contributed by atoms with E-state index < -0.39 is 23.6 Å². The number of fused-ring (bicyclic) bond motifs is 1. The number of rotatable bonds is 3. The van der Waals surface area contributed by atoms with Gasteiger partial charge in [0.2, 0.25) is 17.7 Å². The van der Waals surface area contributed by atoms with Crippen molar-refractivity contribution in [2.45, 2.75) is 39.7 Å². The lowest BCUT2D eigenvalue weighted by molar-refractivity contribution is -0.148. The highest BCUT2D eigenvalue weighted by Crippen LogP contribution is 2.31. The lowest BCUT2D eigenvalue weighted by Gasteiger charge is -2.12. The molecule has 4 heteroatoms. The molecule has 4 nitrogen and oxygen atoms in total. The van der Waals surface area contributed by atoms with Gasteiger partial charge in [-0.1, -0.05) is 45.9 Å². The van der Waals surface area contributed by atoms with Crippen molar-refractivity contribution in [3.63, 3.8) is 0 Å². The molecule has 0 heterocycles. The number of hydrogen-bond donors (Lipinski definition) is 0. The van der Waals surface area contributed by atoms with Gasteiger partial charge in [-0.05, 0) is 11.5 Å². The summed E-state index contributed by atoms with van der Waals surface area (Å²) in [5.74, 6) is -1.59. The molecular weight excluding hydrogens is 256 g/mol. The number of ether oxygens (including phenoxy) is 1. The topological polar surface area (TPSA) is 60.4 Å². The van der Waals surface area contributed by atoms with E-state index in [-0.39, 0.29) is 11.8 Å². The predicted molar refractivity (Wildman–Crippen MR) is 73.9 cm³/mol. The molecule has 0 radical (unpaired) electrons. The van der Waals surface area contributed by atoms with Crippen molar-refractivity contribution in [1.82, 2.24) is 0 Å². The first-order chi connectivity index (χ1) is 9.34. The number of esters is 1. The van der Waals surface area contributed by atoms with Gasteiger partial charge >= 0.3 is 5.97 Å². The van der Waals surface area contributed by atoms with E-state index in [1.165, 1.54) is 0 Å². The van der Waals surface area contributed by atoms with Gasteiger partial charge in [0.15, 0.2) is 0 Å². The minimum atomic E-state index is -1.31. The molecule has 0 aromatic heterocycles. The van der Waals surface area contributed by atoms with Crippen LogP contribution in [0.1, 0.15) is 59.9 Å². The zero-order chi connectivity index (χ0) is 15.0. The van der Waals surface area contributed by atoms with Gasteiger partial charge in [-0.15, -0.1) is 0 Å². The van der Waals surface area contributed by atoms with Crippen LogP contribution < -0.4 is 0 Å². The van der Waals surface area contributed by atoms with Crippen molar-refractivity contribution in [3.8, 4) is 0 Å². The van der Waals surface area contributed by atoms with E-state index >= 15 is 0 Å².